The molecule has 1 aromatic heterocycles. The average molecular weight is 361 g/mol. The molecule has 0 saturated heterocycles. The molecule has 0 aliphatic rings. The van der Waals surface area contributed by atoms with Gasteiger partial charge < -0.3 is 20.1 Å². The van der Waals surface area contributed by atoms with E-state index in [9.17, 15) is 14.0 Å². The van der Waals surface area contributed by atoms with Gasteiger partial charge in [0.25, 0.3) is 0 Å². The van der Waals surface area contributed by atoms with Gasteiger partial charge in [-0.15, -0.1) is 0 Å². The first-order valence-electron chi connectivity index (χ1n) is 8.12. The summed E-state index contributed by atoms with van der Waals surface area (Å²) in [7, 11) is 0. The van der Waals surface area contributed by atoms with E-state index in [1.807, 2.05) is 0 Å². The number of rotatable bonds is 8. The van der Waals surface area contributed by atoms with E-state index < -0.39 is 6.09 Å². The summed E-state index contributed by atoms with van der Waals surface area (Å²) in [5, 5.41) is 5.21. The van der Waals surface area contributed by atoms with Crippen LogP contribution in [0.2, 0.25) is 0 Å². The first-order valence-corrected chi connectivity index (χ1v) is 8.12. The molecule has 0 fully saturated rings. The van der Waals surface area contributed by atoms with Crippen LogP contribution in [-0.2, 0) is 16.1 Å². The van der Waals surface area contributed by atoms with Crippen molar-refractivity contribution in [2.24, 2.45) is 0 Å². The number of alkyl carbamates (subject to hydrolysis) is 1. The van der Waals surface area contributed by atoms with E-state index >= 15 is 0 Å². The molecule has 1 heterocycles. The number of aromatic nitrogens is 1. The largest absolute Gasteiger partial charge is 0.450 e. The highest BCUT2D eigenvalue weighted by Gasteiger charge is 2.06. The van der Waals surface area contributed by atoms with Crippen LogP contribution in [0.1, 0.15) is 18.9 Å². The molecule has 2 aromatic rings. The van der Waals surface area contributed by atoms with Crippen molar-refractivity contribution < 1.29 is 23.5 Å². The van der Waals surface area contributed by atoms with Gasteiger partial charge in [-0.05, 0) is 42.8 Å². The highest BCUT2D eigenvalue weighted by molar-refractivity contribution is 5.77. The van der Waals surface area contributed by atoms with Gasteiger partial charge in [0, 0.05) is 31.8 Å². The molecule has 2 N–H and O–H groups in total. The lowest BCUT2D eigenvalue weighted by Gasteiger charge is -2.08. The second kappa shape index (κ2) is 9.97. The van der Waals surface area contributed by atoms with Crippen molar-refractivity contribution in [3.63, 3.8) is 0 Å². The van der Waals surface area contributed by atoms with Crippen LogP contribution in [0.15, 0.2) is 42.6 Å². The predicted molar refractivity (Wildman–Crippen MR) is 92.2 cm³/mol. The molecule has 0 atom stereocenters. The van der Waals surface area contributed by atoms with Gasteiger partial charge in [0.15, 0.2) is 0 Å². The van der Waals surface area contributed by atoms with Crippen molar-refractivity contribution in [3.05, 3.63) is 54.0 Å². The third-order valence-corrected chi connectivity index (χ3v) is 3.22. The smallest absolute Gasteiger partial charge is 0.407 e. The zero-order valence-corrected chi connectivity index (χ0v) is 14.3. The summed E-state index contributed by atoms with van der Waals surface area (Å²) in [6.07, 6.45) is 1.16. The van der Waals surface area contributed by atoms with Crippen molar-refractivity contribution in [1.82, 2.24) is 15.6 Å². The van der Waals surface area contributed by atoms with Crippen molar-refractivity contribution in [2.75, 3.05) is 13.2 Å². The summed E-state index contributed by atoms with van der Waals surface area (Å²) in [4.78, 5) is 27.0. The van der Waals surface area contributed by atoms with E-state index in [-0.39, 0.29) is 31.3 Å². The molecule has 7 nitrogen and oxygen atoms in total. The van der Waals surface area contributed by atoms with E-state index in [0.717, 1.165) is 5.56 Å². The summed E-state index contributed by atoms with van der Waals surface area (Å²) in [6, 6.07) is 9.02. The molecule has 2 rings (SSSR count). The zero-order chi connectivity index (χ0) is 18.8. The van der Waals surface area contributed by atoms with Crippen molar-refractivity contribution in [3.8, 4) is 11.6 Å². The van der Waals surface area contributed by atoms with Crippen LogP contribution in [0.3, 0.4) is 0 Å². The molecule has 0 aliphatic carbocycles. The summed E-state index contributed by atoms with van der Waals surface area (Å²) in [5.74, 6) is 0.247. The molecule has 8 heteroatoms. The van der Waals surface area contributed by atoms with Crippen molar-refractivity contribution in [2.45, 2.75) is 19.9 Å². The maximum Gasteiger partial charge on any atom is 0.407 e. The maximum atomic E-state index is 12.9. The number of pyridine rings is 1. The normalized spacial score (nSPS) is 10.1. The molecule has 0 saturated carbocycles. The third-order valence-electron chi connectivity index (χ3n) is 3.22. The number of benzene rings is 1. The summed E-state index contributed by atoms with van der Waals surface area (Å²) >= 11 is 0. The lowest BCUT2D eigenvalue weighted by atomic mass is 10.2. The maximum absolute atomic E-state index is 12.9. The van der Waals surface area contributed by atoms with Gasteiger partial charge in [-0.1, -0.05) is 0 Å². The Morgan fingerprint density at radius 1 is 1.15 bits per heavy atom. The van der Waals surface area contributed by atoms with Crippen molar-refractivity contribution in [1.29, 1.82) is 0 Å². The van der Waals surface area contributed by atoms with Crippen LogP contribution in [0, 0.1) is 5.82 Å². The standard InChI is InChI=1S/C18H20FN3O4/c1-2-25-18(24)21-10-8-16(23)22-12-13-7-9-20-17(11-13)26-15-5-3-14(19)4-6-15/h3-7,9,11H,2,8,10,12H2,1H3,(H,21,24)(H,22,23). The quantitative estimate of drug-likeness (QED) is 0.755. The molecule has 0 unspecified atom stereocenters. The summed E-state index contributed by atoms with van der Waals surface area (Å²) in [6.45, 7) is 2.47. The fraction of sp³-hybridized carbons (Fsp3) is 0.278. The van der Waals surface area contributed by atoms with Crippen LogP contribution in [0.4, 0.5) is 9.18 Å². The Morgan fingerprint density at radius 3 is 2.65 bits per heavy atom. The van der Waals surface area contributed by atoms with E-state index in [4.69, 9.17) is 9.47 Å². The molecule has 0 bridgehead atoms. The molecule has 0 radical (unpaired) electrons. The Bertz CT molecular complexity index is 737. The zero-order valence-electron chi connectivity index (χ0n) is 14.3. The van der Waals surface area contributed by atoms with E-state index in [0.29, 0.717) is 18.2 Å². The Balaban J connectivity index is 1.78. The molecule has 2 amide bonds. The second-order valence-corrected chi connectivity index (χ2v) is 5.23. The predicted octanol–water partition coefficient (Wildman–Crippen LogP) is 2.77. The number of carbonyl (C=O) groups is 2. The van der Waals surface area contributed by atoms with Gasteiger partial charge in [-0.3, -0.25) is 4.79 Å². The van der Waals surface area contributed by atoms with E-state index in [2.05, 4.69) is 15.6 Å². The number of nitrogens with one attached hydrogen (secondary N) is 2. The summed E-state index contributed by atoms with van der Waals surface area (Å²) < 4.78 is 23.1. The summed E-state index contributed by atoms with van der Waals surface area (Å²) in [5.41, 5.74) is 0.795. The topological polar surface area (TPSA) is 89.5 Å². The Hall–Kier alpha value is -3.16. The average Bonchev–Trinajstić information content (AvgIpc) is 2.62. The number of halogens is 1. The number of nitrogens with zero attached hydrogens (tertiary/aromatic N) is 1. The number of hydrogen-bond acceptors (Lipinski definition) is 5. The molecule has 0 spiro atoms. The van der Waals surface area contributed by atoms with Crippen LogP contribution in [0.5, 0.6) is 11.6 Å². The highest BCUT2D eigenvalue weighted by Crippen LogP contribution is 2.20. The number of amides is 2. The van der Waals surface area contributed by atoms with Gasteiger partial charge in [0.05, 0.1) is 6.61 Å². The minimum atomic E-state index is -0.544. The van der Waals surface area contributed by atoms with Gasteiger partial charge >= 0.3 is 6.09 Å². The molecular weight excluding hydrogens is 341 g/mol. The fourth-order valence-electron chi connectivity index (χ4n) is 1.99. The first kappa shape index (κ1) is 19.2. The monoisotopic (exact) mass is 361 g/mol. The first-order chi connectivity index (χ1) is 12.6. The SMILES string of the molecule is CCOC(=O)NCCC(=O)NCc1ccnc(Oc2ccc(F)cc2)c1. The molecule has 1 aromatic carbocycles. The lowest BCUT2D eigenvalue weighted by molar-refractivity contribution is -0.121. The second-order valence-electron chi connectivity index (χ2n) is 5.23. The van der Waals surface area contributed by atoms with E-state index in [1.54, 1.807) is 25.3 Å². The Morgan fingerprint density at radius 2 is 1.92 bits per heavy atom. The van der Waals surface area contributed by atoms with Gasteiger partial charge in [-0.25, -0.2) is 14.2 Å². The molecule has 138 valence electrons. The Kier molecular flexibility index (Phi) is 7.35. The lowest BCUT2D eigenvalue weighted by Crippen LogP contribution is -2.30. The minimum Gasteiger partial charge on any atom is -0.450 e. The minimum absolute atomic E-state index is 0.142. The number of ether oxygens (including phenoxy) is 2. The number of hydrogen-bond donors (Lipinski definition) is 2. The van der Waals surface area contributed by atoms with E-state index in [1.165, 1.54) is 24.3 Å². The van der Waals surface area contributed by atoms with Gasteiger partial charge in [0.1, 0.15) is 11.6 Å². The van der Waals surface area contributed by atoms with Crippen LogP contribution in [-0.4, -0.2) is 30.1 Å². The third kappa shape index (κ3) is 6.76. The number of carbonyl (C=O) groups excluding carboxylic acids is 2. The van der Waals surface area contributed by atoms with Crippen LogP contribution >= 0.6 is 0 Å². The molecule has 0 aliphatic heterocycles. The van der Waals surface area contributed by atoms with Crippen LogP contribution < -0.4 is 15.4 Å². The molecular formula is C18H20FN3O4. The highest BCUT2D eigenvalue weighted by atomic mass is 19.1. The fourth-order valence-corrected chi connectivity index (χ4v) is 1.99. The Labute approximate surface area is 150 Å². The van der Waals surface area contributed by atoms with Gasteiger partial charge in [0.2, 0.25) is 11.8 Å². The van der Waals surface area contributed by atoms with Crippen molar-refractivity contribution >= 4 is 12.0 Å². The van der Waals surface area contributed by atoms with Crippen LogP contribution in [0.25, 0.3) is 0 Å². The van der Waals surface area contributed by atoms with Gasteiger partial charge in [-0.2, -0.15) is 0 Å². The molecule has 26 heavy (non-hydrogen) atoms.